The summed E-state index contributed by atoms with van der Waals surface area (Å²) in [6.07, 6.45) is -1.43. The second-order valence-electron chi connectivity index (χ2n) is 4.23. The molecule has 0 fully saturated rings. The molecule has 4 nitrogen and oxygen atoms in total. The van der Waals surface area contributed by atoms with E-state index in [1.165, 1.54) is 10.6 Å². The van der Waals surface area contributed by atoms with Gasteiger partial charge < -0.3 is 9.14 Å². The van der Waals surface area contributed by atoms with Crippen molar-refractivity contribution in [2.24, 2.45) is 0 Å². The topological polar surface area (TPSA) is 54.5 Å². The number of fused-ring (bicyclic) bond motifs is 1. The quantitative estimate of drug-likeness (QED) is 0.810. The van der Waals surface area contributed by atoms with Crippen LogP contribution in [-0.2, 0) is 4.74 Å². The van der Waals surface area contributed by atoms with Crippen LogP contribution in [0.15, 0.2) is 18.3 Å². The number of halogens is 2. The first-order chi connectivity index (χ1) is 9.51. The fourth-order valence-electron chi connectivity index (χ4n) is 2.12. The maximum atomic E-state index is 13.2. The minimum absolute atomic E-state index is 0.0759. The fraction of sp³-hybridized carbons (Fsp3) is 0.286. The Kier molecular flexibility index (Phi) is 3.70. The average Bonchev–Trinajstić information content (AvgIpc) is 2.72. The monoisotopic (exact) mass is 278 g/mol. The van der Waals surface area contributed by atoms with Crippen LogP contribution in [0.5, 0.6) is 0 Å². The van der Waals surface area contributed by atoms with Gasteiger partial charge in [0.1, 0.15) is 11.8 Å². The summed E-state index contributed by atoms with van der Waals surface area (Å²) in [5.41, 5.74) is 0.0119. The Morgan fingerprint density at radius 1 is 1.55 bits per heavy atom. The Balaban J connectivity index is 2.87. The van der Waals surface area contributed by atoms with E-state index in [1.54, 1.807) is 32.0 Å². The van der Waals surface area contributed by atoms with Gasteiger partial charge in [0.2, 0.25) is 0 Å². The van der Waals surface area contributed by atoms with Crippen molar-refractivity contribution >= 4 is 11.5 Å². The first-order valence-corrected chi connectivity index (χ1v) is 6.01. The van der Waals surface area contributed by atoms with Crippen molar-refractivity contribution < 1.29 is 18.3 Å². The number of aromatic nitrogens is 1. The summed E-state index contributed by atoms with van der Waals surface area (Å²) >= 11 is 0. The number of hydrogen-bond acceptors (Lipinski definition) is 3. The third-order valence-corrected chi connectivity index (χ3v) is 2.94. The third-order valence-electron chi connectivity index (χ3n) is 2.94. The van der Waals surface area contributed by atoms with E-state index in [0.717, 1.165) is 5.56 Å². The van der Waals surface area contributed by atoms with Gasteiger partial charge in [-0.2, -0.15) is 5.26 Å². The van der Waals surface area contributed by atoms with Gasteiger partial charge in [-0.3, -0.25) is 0 Å². The van der Waals surface area contributed by atoms with Crippen LogP contribution in [0.4, 0.5) is 8.78 Å². The molecule has 0 N–H and O–H groups in total. The molecular formula is C14H12F2N2O2. The molecule has 2 aromatic rings. The number of rotatable bonds is 3. The smallest absolute Gasteiger partial charge is 0.340 e. The normalized spacial score (nSPS) is 10.8. The Hall–Kier alpha value is -2.42. The molecule has 0 saturated heterocycles. The van der Waals surface area contributed by atoms with Gasteiger partial charge in [-0.1, -0.05) is 0 Å². The molecule has 20 heavy (non-hydrogen) atoms. The van der Waals surface area contributed by atoms with E-state index >= 15 is 0 Å². The number of carbonyl (C=O) groups excluding carboxylic acids is 1. The summed E-state index contributed by atoms with van der Waals surface area (Å²) in [5.74, 6) is -0.840. The molecule has 2 rings (SSSR count). The number of carbonyl (C=O) groups is 1. The van der Waals surface area contributed by atoms with Crippen LogP contribution in [0, 0.1) is 18.3 Å². The molecule has 0 spiro atoms. The summed E-state index contributed by atoms with van der Waals surface area (Å²) < 4.78 is 32.6. The second kappa shape index (κ2) is 5.29. The van der Waals surface area contributed by atoms with Crippen LogP contribution in [0.2, 0.25) is 0 Å². The first kappa shape index (κ1) is 14.0. The molecule has 0 unspecified atom stereocenters. The van der Waals surface area contributed by atoms with Crippen molar-refractivity contribution in [2.75, 3.05) is 6.61 Å². The molecule has 0 aliphatic carbocycles. The number of hydrogen-bond donors (Lipinski definition) is 0. The van der Waals surface area contributed by atoms with Crippen molar-refractivity contribution in [3.63, 3.8) is 0 Å². The van der Waals surface area contributed by atoms with Crippen LogP contribution in [-0.4, -0.2) is 17.0 Å². The first-order valence-electron chi connectivity index (χ1n) is 6.01. The molecule has 0 bridgehead atoms. The molecule has 6 heteroatoms. The lowest BCUT2D eigenvalue weighted by molar-refractivity contribution is 0.0518. The maximum Gasteiger partial charge on any atom is 0.340 e. The Morgan fingerprint density at radius 3 is 2.80 bits per heavy atom. The molecule has 0 amide bonds. The molecule has 2 aromatic heterocycles. The van der Waals surface area contributed by atoms with Crippen LogP contribution in [0.1, 0.15) is 40.5 Å². The molecule has 0 aliphatic heterocycles. The minimum Gasteiger partial charge on any atom is -0.462 e. The highest BCUT2D eigenvalue weighted by atomic mass is 19.3. The predicted molar refractivity (Wildman–Crippen MR) is 67.8 cm³/mol. The maximum absolute atomic E-state index is 13.2. The van der Waals surface area contributed by atoms with Crippen LogP contribution < -0.4 is 0 Å². The molecule has 0 saturated carbocycles. The van der Waals surface area contributed by atoms with Crippen molar-refractivity contribution in [2.45, 2.75) is 20.3 Å². The predicted octanol–water partition coefficient (Wildman–Crippen LogP) is 3.23. The van der Waals surface area contributed by atoms with Crippen LogP contribution in [0.3, 0.4) is 0 Å². The summed E-state index contributed by atoms with van der Waals surface area (Å²) in [4.78, 5) is 11.9. The standard InChI is InChI=1S/C14H12F2N2O2/c1-3-20-14(19)12-9-6-8(2)4-5-18(9)10(7-17)11(12)13(15)16/h4-6,13H,3H2,1-2H3. The highest BCUT2D eigenvalue weighted by Crippen LogP contribution is 2.32. The second-order valence-corrected chi connectivity index (χ2v) is 4.23. The van der Waals surface area contributed by atoms with Gasteiger partial charge in [-0.25, -0.2) is 13.6 Å². The highest BCUT2D eigenvalue weighted by Gasteiger charge is 2.29. The molecule has 2 heterocycles. The van der Waals surface area contributed by atoms with Gasteiger partial charge in [0.15, 0.2) is 0 Å². The molecule has 0 aliphatic rings. The number of ether oxygens (including phenoxy) is 1. The fourth-order valence-corrected chi connectivity index (χ4v) is 2.12. The molecule has 0 aromatic carbocycles. The zero-order valence-electron chi connectivity index (χ0n) is 11.0. The van der Waals surface area contributed by atoms with Crippen molar-refractivity contribution in [3.8, 4) is 6.07 Å². The number of pyridine rings is 1. The van der Waals surface area contributed by atoms with E-state index in [1.807, 2.05) is 0 Å². The lowest BCUT2D eigenvalue weighted by atomic mass is 10.1. The van der Waals surface area contributed by atoms with Crippen molar-refractivity contribution in [1.29, 1.82) is 5.26 Å². The van der Waals surface area contributed by atoms with E-state index in [-0.39, 0.29) is 23.4 Å². The van der Waals surface area contributed by atoms with Crippen LogP contribution in [0.25, 0.3) is 5.52 Å². The number of esters is 1. The number of nitriles is 1. The van der Waals surface area contributed by atoms with E-state index in [4.69, 9.17) is 10.00 Å². The number of nitrogens with zero attached hydrogens (tertiary/aromatic N) is 2. The Morgan fingerprint density at radius 2 is 2.25 bits per heavy atom. The largest absolute Gasteiger partial charge is 0.462 e. The number of aryl methyl sites for hydroxylation is 1. The van der Waals surface area contributed by atoms with E-state index in [9.17, 15) is 13.6 Å². The van der Waals surface area contributed by atoms with Gasteiger partial charge in [0, 0.05) is 6.20 Å². The van der Waals surface area contributed by atoms with Gasteiger partial charge in [0.05, 0.1) is 23.3 Å². The van der Waals surface area contributed by atoms with Gasteiger partial charge >= 0.3 is 5.97 Å². The van der Waals surface area contributed by atoms with Crippen molar-refractivity contribution in [1.82, 2.24) is 4.40 Å². The van der Waals surface area contributed by atoms with Crippen LogP contribution >= 0.6 is 0 Å². The average molecular weight is 278 g/mol. The molecule has 104 valence electrons. The molecule has 0 radical (unpaired) electrons. The Bertz CT molecular complexity index is 714. The SMILES string of the molecule is CCOC(=O)c1c(C(F)F)c(C#N)n2ccc(C)cc12. The number of alkyl halides is 2. The Labute approximate surface area is 114 Å². The molecule has 0 atom stereocenters. The van der Waals surface area contributed by atoms with E-state index < -0.39 is 18.0 Å². The summed E-state index contributed by atoms with van der Waals surface area (Å²) in [5, 5.41) is 9.10. The lowest BCUT2D eigenvalue weighted by Crippen LogP contribution is -2.07. The highest BCUT2D eigenvalue weighted by molar-refractivity contribution is 6.00. The summed E-state index contributed by atoms with van der Waals surface area (Å²) in [6.45, 7) is 3.44. The molecular weight excluding hydrogens is 266 g/mol. The lowest BCUT2D eigenvalue weighted by Gasteiger charge is -2.04. The third kappa shape index (κ3) is 2.11. The van der Waals surface area contributed by atoms with E-state index in [0.29, 0.717) is 0 Å². The zero-order valence-corrected chi connectivity index (χ0v) is 11.0. The zero-order chi connectivity index (χ0) is 14.9. The minimum atomic E-state index is -2.93. The van der Waals surface area contributed by atoms with Gasteiger partial charge in [-0.05, 0) is 31.5 Å². The van der Waals surface area contributed by atoms with Crippen molar-refractivity contribution in [3.05, 3.63) is 40.7 Å². The summed E-state index contributed by atoms with van der Waals surface area (Å²) in [6, 6.07) is 4.99. The van der Waals surface area contributed by atoms with Gasteiger partial charge in [-0.15, -0.1) is 0 Å². The summed E-state index contributed by atoms with van der Waals surface area (Å²) in [7, 11) is 0. The van der Waals surface area contributed by atoms with E-state index in [2.05, 4.69) is 0 Å². The van der Waals surface area contributed by atoms with Gasteiger partial charge in [0.25, 0.3) is 6.43 Å².